The lowest BCUT2D eigenvalue weighted by Crippen LogP contribution is -2.37. The Morgan fingerprint density at radius 1 is 1.28 bits per heavy atom. The van der Waals surface area contributed by atoms with Gasteiger partial charge < -0.3 is 5.32 Å². The molecule has 0 amide bonds. The van der Waals surface area contributed by atoms with Crippen LogP contribution in [0.5, 0.6) is 0 Å². The molecular weight excluding hydrogens is 224 g/mol. The van der Waals surface area contributed by atoms with Gasteiger partial charge in [-0.15, -0.1) is 0 Å². The molecule has 0 bridgehead atoms. The van der Waals surface area contributed by atoms with Crippen LogP contribution >= 0.6 is 0 Å². The maximum atomic E-state index is 5.53. The molecule has 2 unspecified atom stereocenters. The molecule has 1 aliphatic rings. The molecule has 0 saturated heterocycles. The fraction of sp³-hybridized carbons (Fsp3) is 0.500. The lowest BCUT2D eigenvalue weighted by molar-refractivity contribution is 0.345. The van der Waals surface area contributed by atoms with Gasteiger partial charge in [-0.2, -0.15) is 0 Å². The van der Waals surface area contributed by atoms with E-state index in [9.17, 15) is 0 Å². The van der Waals surface area contributed by atoms with Gasteiger partial charge >= 0.3 is 0 Å². The van der Waals surface area contributed by atoms with Gasteiger partial charge in [-0.25, -0.2) is 10.8 Å². The van der Waals surface area contributed by atoms with E-state index < -0.39 is 0 Å². The highest BCUT2D eigenvalue weighted by Gasteiger charge is 2.18. The lowest BCUT2D eigenvalue weighted by Gasteiger charge is -2.24. The highest BCUT2D eigenvalue weighted by Crippen LogP contribution is 2.25. The number of aliphatic imine (C=N–C) groups is 1. The van der Waals surface area contributed by atoms with Crippen molar-refractivity contribution in [1.82, 2.24) is 5.43 Å². The van der Waals surface area contributed by atoms with E-state index in [0.717, 1.165) is 24.4 Å². The van der Waals surface area contributed by atoms with Crippen LogP contribution < -0.4 is 16.6 Å². The van der Waals surface area contributed by atoms with Crippen molar-refractivity contribution in [3.05, 3.63) is 30.3 Å². The average molecular weight is 246 g/mol. The van der Waals surface area contributed by atoms with Crippen LogP contribution in [0.1, 0.15) is 32.6 Å². The van der Waals surface area contributed by atoms with Crippen molar-refractivity contribution in [2.75, 3.05) is 5.32 Å². The SMILES string of the molecule is CC1CCCC(N=C(NN)Nc2ccccc2)C1. The number of hydrogen-bond donors (Lipinski definition) is 3. The second kappa shape index (κ2) is 6.40. The summed E-state index contributed by atoms with van der Waals surface area (Å²) in [5, 5.41) is 3.20. The zero-order valence-corrected chi connectivity index (χ0v) is 10.9. The molecule has 4 nitrogen and oxygen atoms in total. The van der Waals surface area contributed by atoms with Crippen LogP contribution in [-0.4, -0.2) is 12.0 Å². The first-order valence-electron chi connectivity index (χ1n) is 6.64. The zero-order valence-electron chi connectivity index (χ0n) is 10.9. The Balaban J connectivity index is 1.99. The second-order valence-electron chi connectivity index (χ2n) is 5.04. The van der Waals surface area contributed by atoms with Crippen LogP contribution in [0.2, 0.25) is 0 Å². The average Bonchev–Trinajstić information content (AvgIpc) is 2.39. The number of benzene rings is 1. The third-order valence-electron chi connectivity index (χ3n) is 3.39. The van der Waals surface area contributed by atoms with E-state index in [1.165, 1.54) is 12.8 Å². The minimum absolute atomic E-state index is 0.385. The maximum Gasteiger partial charge on any atom is 0.210 e. The van der Waals surface area contributed by atoms with Crippen molar-refractivity contribution >= 4 is 11.6 Å². The molecule has 2 rings (SSSR count). The zero-order chi connectivity index (χ0) is 12.8. The third kappa shape index (κ3) is 3.74. The minimum atomic E-state index is 0.385. The highest BCUT2D eigenvalue weighted by molar-refractivity contribution is 5.93. The van der Waals surface area contributed by atoms with Crippen LogP contribution in [0, 0.1) is 5.92 Å². The van der Waals surface area contributed by atoms with Crippen molar-refractivity contribution in [2.24, 2.45) is 16.8 Å². The third-order valence-corrected chi connectivity index (χ3v) is 3.39. The minimum Gasteiger partial charge on any atom is -0.325 e. The molecule has 98 valence electrons. The summed E-state index contributed by atoms with van der Waals surface area (Å²) in [7, 11) is 0. The molecule has 4 N–H and O–H groups in total. The van der Waals surface area contributed by atoms with Crippen LogP contribution in [0.4, 0.5) is 5.69 Å². The summed E-state index contributed by atoms with van der Waals surface area (Å²) in [6, 6.07) is 10.3. The van der Waals surface area contributed by atoms with E-state index >= 15 is 0 Å². The van der Waals surface area contributed by atoms with Gasteiger partial charge in [0, 0.05) is 5.69 Å². The van der Waals surface area contributed by atoms with E-state index in [1.807, 2.05) is 30.3 Å². The topological polar surface area (TPSA) is 62.4 Å². The largest absolute Gasteiger partial charge is 0.325 e. The number of nitrogens with two attached hydrogens (primary N) is 1. The summed E-state index contributed by atoms with van der Waals surface area (Å²) in [6.45, 7) is 2.29. The molecule has 18 heavy (non-hydrogen) atoms. The normalized spacial score (nSPS) is 24.7. The molecule has 0 spiro atoms. The molecule has 1 aliphatic carbocycles. The number of nitrogens with zero attached hydrogens (tertiary/aromatic N) is 1. The Labute approximate surface area is 109 Å². The first-order valence-corrected chi connectivity index (χ1v) is 6.64. The number of nitrogens with one attached hydrogen (secondary N) is 2. The monoisotopic (exact) mass is 246 g/mol. The van der Waals surface area contributed by atoms with Crippen LogP contribution in [-0.2, 0) is 0 Å². The maximum absolute atomic E-state index is 5.53. The van der Waals surface area contributed by atoms with Gasteiger partial charge in [0.15, 0.2) is 0 Å². The number of hydrogen-bond acceptors (Lipinski definition) is 2. The van der Waals surface area contributed by atoms with Crippen molar-refractivity contribution in [1.29, 1.82) is 0 Å². The summed E-state index contributed by atoms with van der Waals surface area (Å²) in [4.78, 5) is 4.67. The molecule has 0 aliphatic heterocycles. The van der Waals surface area contributed by atoms with Gasteiger partial charge in [-0.1, -0.05) is 38.0 Å². The highest BCUT2D eigenvalue weighted by atomic mass is 15.3. The lowest BCUT2D eigenvalue weighted by atomic mass is 9.87. The van der Waals surface area contributed by atoms with Gasteiger partial charge in [-0.05, 0) is 30.9 Å². The van der Waals surface area contributed by atoms with Gasteiger partial charge in [0.25, 0.3) is 0 Å². The molecule has 1 aromatic rings. The molecule has 0 heterocycles. The summed E-state index contributed by atoms with van der Waals surface area (Å²) in [5.41, 5.74) is 3.65. The number of hydrazine groups is 1. The van der Waals surface area contributed by atoms with Crippen LogP contribution in [0.3, 0.4) is 0 Å². The summed E-state index contributed by atoms with van der Waals surface area (Å²) in [6.07, 6.45) is 4.90. The van der Waals surface area contributed by atoms with Gasteiger partial charge in [-0.3, -0.25) is 5.43 Å². The van der Waals surface area contributed by atoms with Crippen molar-refractivity contribution in [3.63, 3.8) is 0 Å². The second-order valence-corrected chi connectivity index (χ2v) is 5.04. The molecule has 1 aromatic carbocycles. The Morgan fingerprint density at radius 3 is 2.72 bits per heavy atom. The fourth-order valence-corrected chi connectivity index (χ4v) is 2.47. The van der Waals surface area contributed by atoms with E-state index in [2.05, 4.69) is 22.7 Å². The summed E-state index contributed by atoms with van der Waals surface area (Å²) in [5.74, 6) is 6.95. The van der Waals surface area contributed by atoms with Gasteiger partial charge in [0.1, 0.15) is 0 Å². The van der Waals surface area contributed by atoms with Crippen LogP contribution in [0.25, 0.3) is 0 Å². The Kier molecular flexibility index (Phi) is 4.59. The number of anilines is 1. The Bertz CT molecular complexity index is 388. The molecule has 2 atom stereocenters. The summed E-state index contributed by atoms with van der Waals surface area (Å²) < 4.78 is 0. The molecular formula is C14H22N4. The number of guanidine groups is 1. The molecule has 0 radical (unpaired) electrons. The van der Waals surface area contributed by atoms with Crippen LogP contribution in [0.15, 0.2) is 35.3 Å². The van der Waals surface area contributed by atoms with Gasteiger partial charge in [0.05, 0.1) is 6.04 Å². The quantitative estimate of drug-likeness (QED) is 0.325. The molecule has 1 saturated carbocycles. The Morgan fingerprint density at radius 2 is 2.06 bits per heavy atom. The molecule has 0 aromatic heterocycles. The van der Waals surface area contributed by atoms with Crippen molar-refractivity contribution < 1.29 is 0 Å². The number of para-hydroxylation sites is 1. The summed E-state index contributed by atoms with van der Waals surface area (Å²) >= 11 is 0. The van der Waals surface area contributed by atoms with Crippen molar-refractivity contribution in [2.45, 2.75) is 38.6 Å². The first kappa shape index (κ1) is 12.9. The van der Waals surface area contributed by atoms with E-state index in [4.69, 9.17) is 5.84 Å². The predicted molar refractivity (Wildman–Crippen MR) is 76.2 cm³/mol. The number of rotatable bonds is 2. The van der Waals surface area contributed by atoms with Crippen molar-refractivity contribution in [3.8, 4) is 0 Å². The smallest absolute Gasteiger partial charge is 0.210 e. The molecule has 1 fully saturated rings. The fourth-order valence-electron chi connectivity index (χ4n) is 2.47. The van der Waals surface area contributed by atoms with Gasteiger partial charge in [0.2, 0.25) is 5.96 Å². The van der Waals surface area contributed by atoms with E-state index in [-0.39, 0.29) is 0 Å². The standard InChI is InChI=1S/C14H22N4/c1-11-6-5-9-13(10-11)17-14(18-15)16-12-7-3-2-4-8-12/h2-4,7-8,11,13H,5-6,9-10,15H2,1H3,(H2,16,17,18). The Hall–Kier alpha value is -1.55. The molecule has 4 heteroatoms. The van der Waals surface area contributed by atoms with E-state index in [0.29, 0.717) is 12.0 Å². The van der Waals surface area contributed by atoms with E-state index in [1.54, 1.807) is 0 Å². The first-order chi connectivity index (χ1) is 8.78. The predicted octanol–water partition coefficient (Wildman–Crippen LogP) is 2.50.